The van der Waals surface area contributed by atoms with Crippen molar-refractivity contribution in [3.8, 4) is 5.63 Å². The van der Waals surface area contributed by atoms with Gasteiger partial charge in [-0.15, -0.1) is 0 Å². The molecule has 0 radical (unpaired) electrons. The molecule has 0 aliphatic carbocycles. The molecule has 0 aromatic heterocycles. The molecule has 6 nitrogen and oxygen atoms in total. The summed E-state index contributed by atoms with van der Waals surface area (Å²) in [6.45, 7) is 3.98. The second kappa shape index (κ2) is 12.8. The van der Waals surface area contributed by atoms with Gasteiger partial charge in [-0.05, 0) is 0 Å². The van der Waals surface area contributed by atoms with Gasteiger partial charge in [0.05, 0.1) is 0 Å². The average Bonchev–Trinajstić information content (AvgIpc) is 2.61. The van der Waals surface area contributed by atoms with E-state index in [9.17, 15) is 19.3 Å². The second-order valence-electron chi connectivity index (χ2n) is 6.67. The van der Waals surface area contributed by atoms with Gasteiger partial charge in [0.2, 0.25) is 0 Å². The molecule has 0 aliphatic heterocycles. The van der Waals surface area contributed by atoms with Gasteiger partial charge in [-0.1, -0.05) is 0 Å². The van der Waals surface area contributed by atoms with Crippen molar-refractivity contribution >= 4 is 31.6 Å². The molecule has 3 N–H and O–H groups in total. The molecule has 1 amide bonds. The van der Waals surface area contributed by atoms with Crippen molar-refractivity contribution in [3.63, 3.8) is 0 Å². The van der Waals surface area contributed by atoms with Gasteiger partial charge in [0.15, 0.2) is 0 Å². The summed E-state index contributed by atoms with van der Waals surface area (Å²) in [5, 5.41) is 15.3. The fraction of sp³-hybridized carbons (Fsp3) is 0.526. The first-order chi connectivity index (χ1) is 12.9. The van der Waals surface area contributed by atoms with Crippen LogP contribution in [0.2, 0.25) is 0 Å². The summed E-state index contributed by atoms with van der Waals surface area (Å²) in [4.78, 5) is 24.4. The molecule has 8 heteroatoms. The van der Waals surface area contributed by atoms with Gasteiger partial charge in [0.1, 0.15) is 0 Å². The second-order valence-corrected chi connectivity index (χ2v) is 8.02. The summed E-state index contributed by atoms with van der Waals surface area (Å²) >= 11 is 1.55. The van der Waals surface area contributed by atoms with Crippen LogP contribution in [0.4, 0.5) is 0 Å². The Bertz CT molecular complexity index is 709. The van der Waals surface area contributed by atoms with Crippen LogP contribution in [0.5, 0.6) is 0 Å². The van der Waals surface area contributed by atoms with Gasteiger partial charge >= 0.3 is 166 Å². The van der Waals surface area contributed by atoms with Gasteiger partial charge in [0, 0.05) is 0 Å². The van der Waals surface area contributed by atoms with E-state index in [-0.39, 0.29) is 32.2 Å². The molecular weight excluding hydrogens is 383 g/mol. The van der Waals surface area contributed by atoms with Crippen LogP contribution in [0.1, 0.15) is 25.8 Å². The van der Waals surface area contributed by atoms with Crippen LogP contribution < -0.4 is 10.6 Å². The Morgan fingerprint density at radius 3 is 2.41 bits per heavy atom. The van der Waals surface area contributed by atoms with E-state index in [1.54, 1.807) is 11.8 Å². The van der Waals surface area contributed by atoms with Gasteiger partial charge < -0.3 is 0 Å². The van der Waals surface area contributed by atoms with Gasteiger partial charge in [-0.3, -0.25) is 0 Å². The molecule has 0 fully saturated rings. The number of nitrogens with one attached hydrogen (secondary N) is 2. The third-order valence-electron chi connectivity index (χ3n) is 3.87. The molecule has 0 bridgehead atoms. The van der Waals surface area contributed by atoms with E-state index >= 15 is 0 Å². The quantitative estimate of drug-likeness (QED) is 0.486. The molecule has 27 heavy (non-hydrogen) atoms. The molecule has 0 saturated heterocycles. The summed E-state index contributed by atoms with van der Waals surface area (Å²) < 4.78 is 10.9. The maximum atomic E-state index is 12.8. The van der Waals surface area contributed by atoms with Crippen LogP contribution in [0.15, 0.2) is 30.3 Å². The summed E-state index contributed by atoms with van der Waals surface area (Å²) in [7, 11) is -0.225. The molecule has 1 rings (SSSR count). The zero-order valence-electron chi connectivity index (χ0n) is 15.8. The normalized spacial score (nSPS) is 14.1. The molecule has 3 atom stereocenters. The van der Waals surface area contributed by atoms with Crippen LogP contribution in [-0.4, -0.2) is 47.1 Å². The fourth-order valence-electron chi connectivity index (χ4n) is 2.64. The molecule has 148 valence electrons. The van der Waals surface area contributed by atoms with Crippen molar-refractivity contribution in [1.82, 2.24) is 10.6 Å². The standard InChI is InChI=1S/C19H27N2O4PS/c1-13(2)9-16(20-15(11-26-25)12-27-3)18(22)21-17(19(23)24)10-14-7-5-4-6-8-14/h4-8,13,15-17,20H,9-10,12H2,1-3H3,(H,21,22)(H,23,24)/t15?,16-,17-/m0/s1. The predicted molar refractivity (Wildman–Crippen MR) is 110 cm³/mol. The number of amides is 1. The number of carbonyl (C=O) groups excluding carboxylic acids is 1. The molecule has 1 aromatic carbocycles. The van der Waals surface area contributed by atoms with Crippen molar-refractivity contribution < 1.29 is 19.3 Å². The number of benzene rings is 1. The molecule has 0 heterocycles. The molecular formula is C19H27N2O4PS. The van der Waals surface area contributed by atoms with Crippen LogP contribution >= 0.6 is 19.7 Å². The first-order valence-corrected chi connectivity index (χ1v) is 11.0. The summed E-state index contributed by atoms with van der Waals surface area (Å²) in [6, 6.07) is 7.26. The van der Waals surface area contributed by atoms with Crippen LogP contribution in [-0.2, 0) is 20.6 Å². The number of thioether (sulfide) groups is 1. The Morgan fingerprint density at radius 1 is 1.22 bits per heavy atom. The van der Waals surface area contributed by atoms with E-state index in [1.165, 1.54) is 0 Å². The van der Waals surface area contributed by atoms with Gasteiger partial charge in [-0.25, -0.2) is 0 Å². The predicted octanol–water partition coefficient (Wildman–Crippen LogP) is 2.79. The van der Waals surface area contributed by atoms with Crippen molar-refractivity contribution in [2.45, 2.75) is 44.8 Å². The van der Waals surface area contributed by atoms with Gasteiger partial charge in [0.25, 0.3) is 0 Å². The average molecular weight is 410 g/mol. The summed E-state index contributed by atoms with van der Waals surface area (Å²) in [5.41, 5.74) is 3.59. The Balaban J connectivity index is 2.89. The maximum absolute atomic E-state index is 12.8. The summed E-state index contributed by atoms with van der Waals surface area (Å²) in [5.74, 6) is -0.607. The molecule has 0 aliphatic rings. The zero-order chi connectivity index (χ0) is 20.2. The number of carbonyl (C=O) groups is 2. The number of rotatable bonds is 11. The monoisotopic (exact) mass is 410 g/mol. The number of aliphatic carboxylic acids is 1. The van der Waals surface area contributed by atoms with Crippen molar-refractivity contribution in [2.24, 2.45) is 5.92 Å². The number of hydrogen-bond donors (Lipinski definition) is 3. The molecule has 0 saturated carbocycles. The van der Waals surface area contributed by atoms with Crippen LogP contribution in [0.25, 0.3) is 0 Å². The minimum absolute atomic E-state index is 0.210. The molecule has 1 unspecified atom stereocenters. The zero-order valence-corrected chi connectivity index (χ0v) is 17.6. The van der Waals surface area contributed by atoms with Gasteiger partial charge in [-0.2, -0.15) is 0 Å². The number of carboxylic acid groups (broad SMARTS) is 1. The van der Waals surface area contributed by atoms with E-state index in [4.69, 9.17) is 0 Å². The van der Waals surface area contributed by atoms with E-state index in [1.807, 2.05) is 50.4 Å². The third-order valence-corrected chi connectivity index (χ3v) is 4.95. The Hall–Kier alpha value is -1.52. The van der Waals surface area contributed by atoms with Crippen LogP contribution in [0.3, 0.4) is 0 Å². The van der Waals surface area contributed by atoms with E-state index < -0.39 is 18.1 Å². The fourth-order valence-corrected chi connectivity index (χ4v) is 3.57. The molecule has 0 spiro atoms. The van der Waals surface area contributed by atoms with Crippen molar-refractivity contribution in [3.05, 3.63) is 35.9 Å². The first-order valence-electron chi connectivity index (χ1n) is 8.77. The van der Waals surface area contributed by atoms with Crippen LogP contribution in [0, 0.1) is 11.5 Å². The van der Waals surface area contributed by atoms with E-state index in [2.05, 4.69) is 16.3 Å². The first kappa shape index (κ1) is 23.5. The number of hydrogen-bond acceptors (Lipinski definition) is 5. The summed E-state index contributed by atoms with van der Waals surface area (Å²) in [6.07, 6.45) is 2.66. The molecule has 1 aromatic rings. The topological polar surface area (TPSA) is 95.5 Å². The Kier molecular flexibility index (Phi) is 11.1. The minimum atomic E-state index is -1.08. The van der Waals surface area contributed by atoms with Crippen molar-refractivity contribution in [2.75, 3.05) is 12.0 Å². The van der Waals surface area contributed by atoms with E-state index in [0.29, 0.717) is 12.2 Å². The Morgan fingerprint density at radius 2 is 1.89 bits per heavy atom. The Labute approximate surface area is 166 Å². The number of carboxylic acids is 1. The third kappa shape index (κ3) is 9.30. The van der Waals surface area contributed by atoms with E-state index in [0.717, 1.165) is 5.56 Å². The van der Waals surface area contributed by atoms with Crippen molar-refractivity contribution in [1.29, 1.82) is 0 Å². The SMILES string of the molecule is CSCC(C#P=O)N[C@@H](CC(C)C)C(=O)N[C@@H](Cc1ccccc1)C(=O)O.